The van der Waals surface area contributed by atoms with Crippen LogP contribution >= 0.6 is 0 Å². The average Bonchev–Trinajstić information content (AvgIpc) is 1.63. The molecule has 4 rings (SSSR count). The van der Waals surface area contributed by atoms with Crippen molar-refractivity contribution in [1.82, 2.24) is 35.3 Å². The van der Waals surface area contributed by atoms with Gasteiger partial charge in [0.2, 0.25) is 0 Å². The van der Waals surface area contributed by atoms with Crippen molar-refractivity contribution >= 4 is 93.2 Å². The monoisotopic (exact) mass is 1600 g/mol. The first-order valence-electron chi connectivity index (χ1n) is 36.6. The second-order valence-corrected chi connectivity index (χ2v) is 37.6. The van der Waals surface area contributed by atoms with Crippen LogP contribution in [0.25, 0.3) is 0 Å². The second kappa shape index (κ2) is 44.5. The van der Waals surface area contributed by atoms with Crippen LogP contribution in [0.3, 0.4) is 0 Å². The standard InChI is InChI=1S/2C17H36BN3O6S.2C13H29BN4O6S/c2*1-5-14(13(3)4)10-20(6-2)28(26,27)21-11-15(8-7-9-18(24)25)17(19,12-21)16(22)23;2*1-9(2)11(15)6-17-25(23,24)18-7-10(4-3-5-14(21)22)13(16,8-18)12(19)20/h2*13-15,24-25H,5-12,19H2,1-4H3,(H,22,23);2*9-11,17,21-22H,3-8,15-16H2,1-2H3,(H,19,20)/t14-,15+,17+;14-,15-,17-;10-,11+,13-;10-,11-,13-/m1000/s1. The molecule has 0 spiro atoms. The maximum absolute atomic E-state index is 13.2. The number of rotatable bonds is 44. The minimum Gasteiger partial charge on any atom is -0.480 e. The predicted molar refractivity (Wildman–Crippen MR) is 404 cm³/mol. The molecule has 4 saturated heterocycles. The zero-order chi connectivity index (χ0) is 82.2. The SMILES string of the molecule is CC(C)[C@@H](N)CNS(=O)(=O)N1C[C@H](CCCB(O)O)[C@](N)(C(=O)O)C1.CC(C)[C@H](N)CNS(=O)(=O)N1C[C@H](CCCB(O)O)[C@](N)(C(=O)O)C1.CC[C@@H](CN(CC)S(=O)(=O)N1C[C@H](CCCB(O)O)[C@](N)(C(=O)O)C1)C(C)C.CC[C@H](CN(CC)S(=O)(=O)N1C[C@H](CCCB(O)O)[C@](N)(C(=O)O)C1)C(C)C. The van der Waals surface area contributed by atoms with E-state index in [0.717, 1.165) is 21.5 Å². The number of nitrogens with one attached hydrogen (secondary N) is 2. The lowest BCUT2D eigenvalue weighted by atomic mass is 9.78. The fourth-order valence-electron chi connectivity index (χ4n) is 13.1. The van der Waals surface area contributed by atoms with E-state index in [9.17, 15) is 73.3 Å². The molecule has 4 fully saturated rings. The van der Waals surface area contributed by atoms with Gasteiger partial charge in [0.25, 0.3) is 40.8 Å². The van der Waals surface area contributed by atoms with Gasteiger partial charge in [0, 0.05) is 127 Å². The summed E-state index contributed by atoms with van der Waals surface area (Å²) in [4.78, 5) is 46.7. The zero-order valence-electron chi connectivity index (χ0n) is 64.1. The van der Waals surface area contributed by atoms with Crippen LogP contribution in [0.2, 0.25) is 25.3 Å². The van der Waals surface area contributed by atoms with Crippen molar-refractivity contribution < 1.29 is 113 Å². The lowest BCUT2D eigenvalue weighted by Crippen LogP contribution is -2.55. The van der Waals surface area contributed by atoms with E-state index in [1.54, 1.807) is 13.8 Å². The van der Waals surface area contributed by atoms with Crippen molar-refractivity contribution in [3.05, 3.63) is 0 Å². The Morgan fingerprint density at radius 1 is 0.415 bits per heavy atom. The third-order valence-corrected chi connectivity index (χ3v) is 28.2. The van der Waals surface area contributed by atoms with E-state index in [-0.39, 0.29) is 139 Å². The molecule has 12 atom stereocenters. The molecular formula is C60H130B4N14O24S4. The number of nitrogens with two attached hydrogens (primary N) is 6. The van der Waals surface area contributed by atoms with E-state index in [4.69, 9.17) is 74.6 Å². The van der Waals surface area contributed by atoms with Gasteiger partial charge in [-0.1, -0.05) is 122 Å². The molecule has 0 aromatic carbocycles. The third kappa shape index (κ3) is 29.5. The van der Waals surface area contributed by atoms with Crippen molar-refractivity contribution in [3.63, 3.8) is 0 Å². The largest absolute Gasteiger partial charge is 0.480 e. The first-order valence-corrected chi connectivity index (χ1v) is 42.3. The Hall–Kier alpha value is -2.94. The number of carboxylic acids is 4. The lowest BCUT2D eigenvalue weighted by Gasteiger charge is -2.31. The van der Waals surface area contributed by atoms with Gasteiger partial charge < -0.3 is 95.0 Å². The van der Waals surface area contributed by atoms with Crippen molar-refractivity contribution in [1.29, 1.82) is 0 Å². The molecule has 0 saturated carbocycles. The van der Waals surface area contributed by atoms with Gasteiger partial charge in [-0.3, -0.25) is 19.2 Å². The summed E-state index contributed by atoms with van der Waals surface area (Å²) in [5, 5.41) is 110. The van der Waals surface area contributed by atoms with Crippen molar-refractivity contribution in [2.24, 2.45) is 93.6 Å². The van der Waals surface area contributed by atoms with Gasteiger partial charge in [0.1, 0.15) is 22.2 Å². The molecule has 46 heteroatoms. The molecule has 26 N–H and O–H groups in total. The summed E-state index contributed by atoms with van der Waals surface area (Å²) in [6.45, 7) is 23.5. The molecule has 4 aliphatic heterocycles. The van der Waals surface area contributed by atoms with Gasteiger partial charge in [-0.2, -0.15) is 59.5 Å². The van der Waals surface area contributed by atoms with E-state index in [0.29, 0.717) is 76.5 Å². The summed E-state index contributed by atoms with van der Waals surface area (Å²) in [5.74, 6) is -6.21. The van der Waals surface area contributed by atoms with Crippen LogP contribution in [0, 0.1) is 59.2 Å². The van der Waals surface area contributed by atoms with Gasteiger partial charge in [-0.25, -0.2) is 9.44 Å². The summed E-state index contributed by atoms with van der Waals surface area (Å²) >= 11 is 0. The number of nitrogens with zero attached hydrogens (tertiary/aromatic N) is 6. The smallest absolute Gasteiger partial charge is 0.451 e. The van der Waals surface area contributed by atoms with E-state index in [1.165, 1.54) is 17.2 Å². The first kappa shape index (κ1) is 101. The topological polar surface area (TPSA) is 647 Å². The zero-order valence-corrected chi connectivity index (χ0v) is 67.3. The maximum Gasteiger partial charge on any atom is 0.451 e. The summed E-state index contributed by atoms with van der Waals surface area (Å²) in [6.07, 6.45) is 4.55. The Morgan fingerprint density at radius 2 is 0.632 bits per heavy atom. The van der Waals surface area contributed by atoms with E-state index in [1.807, 2.05) is 41.5 Å². The fourth-order valence-corrected chi connectivity index (χ4v) is 19.4. The maximum atomic E-state index is 13.2. The van der Waals surface area contributed by atoms with Gasteiger partial charge in [-0.15, -0.1) is 0 Å². The molecule has 620 valence electrons. The Balaban J connectivity index is 0.000000708. The molecule has 0 amide bonds. The van der Waals surface area contributed by atoms with Crippen LogP contribution in [0.4, 0.5) is 0 Å². The average molecular weight is 1600 g/mol. The summed E-state index contributed by atoms with van der Waals surface area (Å²) in [7, 11) is -21.4. The van der Waals surface area contributed by atoms with Crippen molar-refractivity contribution in [2.75, 3.05) is 91.6 Å². The molecule has 0 unspecified atom stereocenters. The predicted octanol–water partition coefficient (Wildman–Crippen LogP) is -4.05. The van der Waals surface area contributed by atoms with Crippen LogP contribution < -0.4 is 43.8 Å². The molecule has 0 aromatic heterocycles. The fraction of sp³-hybridized carbons (Fsp3) is 0.933. The molecule has 0 bridgehead atoms. The highest BCUT2D eigenvalue weighted by atomic mass is 32.2. The van der Waals surface area contributed by atoms with Crippen molar-refractivity contribution in [2.45, 2.75) is 207 Å². The highest BCUT2D eigenvalue weighted by Gasteiger charge is 2.57. The quantitative estimate of drug-likeness (QED) is 0.0258. The van der Waals surface area contributed by atoms with E-state index in [2.05, 4.69) is 37.1 Å². The molecule has 0 radical (unpaired) electrons. The molecule has 4 heterocycles. The first-order chi connectivity index (χ1) is 48.6. The normalized spacial score (nSPS) is 25.4. The van der Waals surface area contributed by atoms with Gasteiger partial charge in [-0.05, 0) is 86.5 Å². The molecule has 38 nitrogen and oxygen atoms in total. The van der Waals surface area contributed by atoms with Gasteiger partial charge >= 0.3 is 52.4 Å². The molecule has 0 aromatic rings. The Bertz CT molecular complexity index is 2970. The van der Waals surface area contributed by atoms with Crippen LogP contribution in [-0.2, 0) is 60.0 Å². The third-order valence-electron chi connectivity index (χ3n) is 21.2. The van der Waals surface area contributed by atoms with E-state index < -0.39 is 139 Å². The van der Waals surface area contributed by atoms with Crippen molar-refractivity contribution in [3.8, 4) is 0 Å². The van der Waals surface area contributed by atoms with Crippen LogP contribution in [-0.4, -0.2) is 298 Å². The van der Waals surface area contributed by atoms with Crippen LogP contribution in [0.15, 0.2) is 0 Å². The number of carboxylic acid groups (broad SMARTS) is 4. The Labute approximate surface area is 630 Å². The van der Waals surface area contributed by atoms with Crippen LogP contribution in [0.5, 0.6) is 0 Å². The van der Waals surface area contributed by atoms with E-state index >= 15 is 0 Å². The number of carbonyl (C=O) groups is 4. The number of aliphatic carboxylic acids is 4. The summed E-state index contributed by atoms with van der Waals surface area (Å²) < 4.78 is 115. The highest BCUT2D eigenvalue weighted by molar-refractivity contribution is 7.87. The Morgan fingerprint density at radius 3 is 0.811 bits per heavy atom. The lowest BCUT2D eigenvalue weighted by molar-refractivity contribution is -0.145. The summed E-state index contributed by atoms with van der Waals surface area (Å²) in [6, 6.07) is -0.720. The van der Waals surface area contributed by atoms with Gasteiger partial charge in [0.05, 0.1) is 0 Å². The molecule has 106 heavy (non-hydrogen) atoms. The minimum absolute atomic E-state index is 0.0155. The van der Waals surface area contributed by atoms with Crippen LogP contribution in [0.1, 0.15) is 147 Å². The highest BCUT2D eigenvalue weighted by Crippen LogP contribution is 2.37. The second-order valence-electron chi connectivity index (χ2n) is 30.3. The number of hydrogen-bond acceptors (Lipinski definition) is 26. The molecule has 0 aliphatic carbocycles. The molecular weight excluding hydrogens is 1470 g/mol. The Kier molecular flexibility index (Phi) is 42.4. The molecule has 4 aliphatic rings. The minimum atomic E-state index is -3.91. The number of hydrogen-bond donors (Lipinski definition) is 20. The van der Waals surface area contributed by atoms with Gasteiger partial charge in [0.15, 0.2) is 0 Å². The summed E-state index contributed by atoms with van der Waals surface area (Å²) in [5.41, 5.74) is 29.0.